The van der Waals surface area contributed by atoms with E-state index in [1.54, 1.807) is 28.6 Å². The zero-order chi connectivity index (χ0) is 19.8. The Kier molecular flexibility index (Phi) is 4.49. The van der Waals surface area contributed by atoms with Gasteiger partial charge in [-0.15, -0.1) is 5.10 Å². The van der Waals surface area contributed by atoms with Crippen molar-refractivity contribution in [3.63, 3.8) is 0 Å². The van der Waals surface area contributed by atoms with Gasteiger partial charge in [-0.2, -0.15) is 9.50 Å². The summed E-state index contributed by atoms with van der Waals surface area (Å²) in [6, 6.07) is 17.9. The molecule has 2 N–H and O–H groups in total. The predicted octanol–water partition coefficient (Wildman–Crippen LogP) is 4.28. The summed E-state index contributed by atoms with van der Waals surface area (Å²) >= 11 is 2.96. The van der Waals surface area contributed by atoms with Gasteiger partial charge in [-0.25, -0.2) is 0 Å². The molecule has 5 rings (SSSR count). The summed E-state index contributed by atoms with van der Waals surface area (Å²) in [4.78, 5) is 21.7. The van der Waals surface area contributed by atoms with Gasteiger partial charge in [-0.1, -0.05) is 71.6 Å². The molecule has 0 unspecified atom stereocenters. The molecule has 4 aromatic rings. The molecule has 8 heteroatoms. The first-order chi connectivity index (χ1) is 14.2. The third-order valence-corrected chi connectivity index (χ3v) is 6.65. The lowest BCUT2D eigenvalue weighted by Gasteiger charge is -2.03. The number of aromatic nitrogens is 3. The molecular weight excluding hydrogens is 402 g/mol. The first kappa shape index (κ1) is 17.8. The fraction of sp³-hybridized carbons (Fsp3) is 0.0476. The highest BCUT2D eigenvalue weighted by Crippen LogP contribution is 2.33. The van der Waals surface area contributed by atoms with Crippen LogP contribution < -0.4 is 11.3 Å². The van der Waals surface area contributed by atoms with Crippen molar-refractivity contribution in [3.05, 3.63) is 81.6 Å². The highest BCUT2D eigenvalue weighted by atomic mass is 32.2. The van der Waals surface area contributed by atoms with E-state index in [2.05, 4.69) is 27.2 Å². The van der Waals surface area contributed by atoms with Crippen molar-refractivity contribution in [1.82, 2.24) is 14.6 Å². The van der Waals surface area contributed by atoms with Crippen molar-refractivity contribution in [1.29, 1.82) is 0 Å². The molecule has 0 spiro atoms. The second kappa shape index (κ2) is 7.31. The van der Waals surface area contributed by atoms with E-state index in [4.69, 9.17) is 5.73 Å². The van der Waals surface area contributed by atoms with Crippen LogP contribution in [0.5, 0.6) is 0 Å². The summed E-state index contributed by atoms with van der Waals surface area (Å²) in [6.07, 6.45) is 3.48. The number of nitrogens with zero attached hydrogens (tertiary/aromatic N) is 4. The number of nitrogens with two attached hydrogens (primary N) is 1. The van der Waals surface area contributed by atoms with E-state index < -0.39 is 0 Å². The van der Waals surface area contributed by atoms with E-state index in [1.807, 2.05) is 42.5 Å². The summed E-state index contributed by atoms with van der Waals surface area (Å²) in [7, 11) is 0. The summed E-state index contributed by atoms with van der Waals surface area (Å²) in [6.45, 7) is 0. The van der Waals surface area contributed by atoms with Crippen LogP contribution in [-0.4, -0.2) is 20.8 Å². The first-order valence-electron chi connectivity index (χ1n) is 8.90. The van der Waals surface area contributed by atoms with Crippen LogP contribution in [0, 0.1) is 0 Å². The van der Waals surface area contributed by atoms with Gasteiger partial charge in [0, 0.05) is 23.1 Å². The smallest absolute Gasteiger partial charge is 0.283 e. The number of anilines is 1. The summed E-state index contributed by atoms with van der Waals surface area (Å²) in [5.74, 6) is 1.07. The van der Waals surface area contributed by atoms with Crippen LogP contribution in [0.25, 0.3) is 16.6 Å². The maximum atomic E-state index is 12.6. The lowest BCUT2D eigenvalue weighted by atomic mass is 10.1. The Bertz CT molecular complexity index is 1340. The molecule has 0 amide bonds. The Morgan fingerprint density at radius 2 is 1.90 bits per heavy atom. The first-order valence-corrected chi connectivity index (χ1v) is 10.7. The quantitative estimate of drug-likeness (QED) is 0.501. The molecule has 0 aliphatic carbocycles. The highest BCUT2D eigenvalue weighted by Gasteiger charge is 2.17. The molecule has 0 bridgehead atoms. The molecule has 0 fully saturated rings. The van der Waals surface area contributed by atoms with Crippen LogP contribution in [-0.2, 0) is 5.75 Å². The SMILES string of the molecule is Nc1c(/C=C2/C=Nc3ccccc32)c(=O)nc2sc(SCc3ccccc3)nn12. The molecule has 0 radical (unpaired) electrons. The highest BCUT2D eigenvalue weighted by molar-refractivity contribution is 8.00. The largest absolute Gasteiger partial charge is 0.383 e. The second-order valence-corrected chi connectivity index (χ2v) is 8.61. The van der Waals surface area contributed by atoms with E-state index in [0.29, 0.717) is 10.5 Å². The molecule has 6 nitrogen and oxygen atoms in total. The van der Waals surface area contributed by atoms with Gasteiger partial charge in [-0.3, -0.25) is 9.79 Å². The molecule has 0 atom stereocenters. The number of thioether (sulfide) groups is 1. The third kappa shape index (κ3) is 3.37. The van der Waals surface area contributed by atoms with E-state index in [-0.39, 0.29) is 11.4 Å². The van der Waals surface area contributed by atoms with Crippen molar-refractivity contribution < 1.29 is 0 Å². The monoisotopic (exact) mass is 417 g/mol. The normalized spacial score (nSPS) is 14.0. The van der Waals surface area contributed by atoms with Gasteiger partial charge < -0.3 is 5.73 Å². The number of allylic oxidation sites excluding steroid dienone is 1. The lowest BCUT2D eigenvalue weighted by molar-refractivity contribution is 0.894. The molecule has 2 aromatic heterocycles. The van der Waals surface area contributed by atoms with Gasteiger partial charge in [0.1, 0.15) is 5.82 Å². The number of aliphatic imine (C=N–C) groups is 1. The van der Waals surface area contributed by atoms with Crippen LogP contribution in [0.3, 0.4) is 0 Å². The maximum Gasteiger partial charge on any atom is 0.283 e. The Labute approximate surface area is 174 Å². The Balaban J connectivity index is 1.51. The van der Waals surface area contributed by atoms with Crippen molar-refractivity contribution >= 4 is 57.4 Å². The van der Waals surface area contributed by atoms with Gasteiger partial charge in [0.2, 0.25) is 4.96 Å². The average molecular weight is 418 g/mol. The molecule has 1 aliphatic rings. The van der Waals surface area contributed by atoms with Crippen molar-refractivity contribution in [2.75, 3.05) is 5.73 Å². The Hall–Kier alpha value is -3.23. The van der Waals surface area contributed by atoms with Crippen LogP contribution in [0.1, 0.15) is 16.7 Å². The van der Waals surface area contributed by atoms with Crippen LogP contribution in [0.4, 0.5) is 11.5 Å². The maximum absolute atomic E-state index is 12.6. The van der Waals surface area contributed by atoms with Crippen LogP contribution >= 0.6 is 23.1 Å². The van der Waals surface area contributed by atoms with Gasteiger partial charge in [-0.05, 0) is 17.7 Å². The van der Waals surface area contributed by atoms with Crippen molar-refractivity contribution in [3.8, 4) is 0 Å². The zero-order valence-electron chi connectivity index (χ0n) is 15.1. The molecule has 1 aliphatic heterocycles. The molecular formula is C21H15N5OS2. The molecule has 0 saturated heterocycles. The Morgan fingerprint density at radius 3 is 2.76 bits per heavy atom. The fourth-order valence-electron chi connectivity index (χ4n) is 3.09. The van der Waals surface area contributed by atoms with Crippen LogP contribution in [0.2, 0.25) is 0 Å². The Morgan fingerprint density at radius 1 is 1.10 bits per heavy atom. The summed E-state index contributed by atoms with van der Waals surface area (Å²) in [5, 5.41) is 4.56. The van der Waals surface area contributed by atoms with E-state index in [1.165, 1.54) is 16.9 Å². The third-order valence-electron chi connectivity index (χ3n) is 4.54. The standard InChI is InChI=1S/C21H15N5OS2/c22-18-16(10-14-11-23-17-9-5-4-8-15(14)17)19(27)24-20-26(18)25-21(29-20)28-12-13-6-2-1-3-7-13/h1-11H,12,22H2/b14-10-. The summed E-state index contributed by atoms with van der Waals surface area (Å²) in [5.41, 5.74) is 10.1. The number of fused-ring (bicyclic) bond motifs is 2. The van der Waals surface area contributed by atoms with E-state index in [0.717, 1.165) is 26.9 Å². The minimum atomic E-state index is -0.365. The zero-order valence-corrected chi connectivity index (χ0v) is 16.8. The van der Waals surface area contributed by atoms with E-state index in [9.17, 15) is 4.79 Å². The van der Waals surface area contributed by atoms with Crippen molar-refractivity contribution in [2.24, 2.45) is 4.99 Å². The van der Waals surface area contributed by atoms with E-state index >= 15 is 0 Å². The topological polar surface area (TPSA) is 85.6 Å². The number of hydrogen-bond donors (Lipinski definition) is 1. The minimum Gasteiger partial charge on any atom is -0.383 e. The average Bonchev–Trinajstić information content (AvgIpc) is 3.34. The molecule has 0 saturated carbocycles. The minimum absolute atomic E-state index is 0.285. The summed E-state index contributed by atoms with van der Waals surface area (Å²) < 4.78 is 2.36. The number of para-hydroxylation sites is 1. The molecule has 3 heterocycles. The number of hydrogen-bond acceptors (Lipinski definition) is 7. The number of benzene rings is 2. The van der Waals surface area contributed by atoms with Gasteiger partial charge >= 0.3 is 0 Å². The van der Waals surface area contributed by atoms with Gasteiger partial charge in [0.25, 0.3) is 5.56 Å². The second-order valence-electron chi connectivity index (χ2n) is 6.43. The number of nitrogen functional groups attached to an aromatic ring is 1. The van der Waals surface area contributed by atoms with Gasteiger partial charge in [0.05, 0.1) is 11.3 Å². The van der Waals surface area contributed by atoms with Crippen LogP contribution in [0.15, 0.2) is 68.7 Å². The van der Waals surface area contributed by atoms with Gasteiger partial charge in [0.15, 0.2) is 4.34 Å². The molecule has 142 valence electrons. The molecule has 2 aromatic carbocycles. The van der Waals surface area contributed by atoms with Crippen molar-refractivity contribution in [2.45, 2.75) is 10.1 Å². The number of rotatable bonds is 4. The predicted molar refractivity (Wildman–Crippen MR) is 120 cm³/mol. The molecule has 29 heavy (non-hydrogen) atoms. The lowest BCUT2D eigenvalue weighted by Crippen LogP contribution is -2.16. The fourth-order valence-corrected chi connectivity index (χ4v) is 4.98.